The second kappa shape index (κ2) is 6.89. The summed E-state index contributed by atoms with van der Waals surface area (Å²) in [5.41, 5.74) is 2.19. The Morgan fingerprint density at radius 3 is 2.53 bits per heavy atom. The number of rotatable bonds is 6. The number of nitrogens with zero attached hydrogens (tertiary/aromatic N) is 1. The van der Waals surface area contributed by atoms with E-state index in [1.165, 1.54) is 4.90 Å². The fourth-order valence-electron chi connectivity index (χ4n) is 1.97. The highest BCUT2D eigenvalue weighted by atomic mass is 16.4. The maximum absolute atomic E-state index is 11.8. The summed E-state index contributed by atoms with van der Waals surface area (Å²) in [5, 5.41) is 11.5. The molecule has 0 spiro atoms. The summed E-state index contributed by atoms with van der Waals surface area (Å²) < 4.78 is 0. The monoisotopic (exact) mass is 264 g/mol. The number of benzene rings is 1. The molecule has 0 radical (unpaired) electrons. The molecular weight excluding hydrogens is 244 g/mol. The van der Waals surface area contributed by atoms with Gasteiger partial charge in [0, 0.05) is 0 Å². The summed E-state index contributed by atoms with van der Waals surface area (Å²) in [6.07, 6.45) is 0. The number of nitrogens with one attached hydrogen (secondary N) is 1. The molecule has 0 aromatic heterocycles. The number of hydrogen-bond donors (Lipinski definition) is 2. The van der Waals surface area contributed by atoms with Gasteiger partial charge in [-0.2, -0.15) is 0 Å². The van der Waals surface area contributed by atoms with Crippen LogP contribution in [0.25, 0.3) is 0 Å². The number of aliphatic carboxylic acids is 1. The lowest BCUT2D eigenvalue weighted by Crippen LogP contribution is -2.38. The molecule has 19 heavy (non-hydrogen) atoms. The van der Waals surface area contributed by atoms with Gasteiger partial charge in [0.05, 0.1) is 19.1 Å². The Balaban J connectivity index is 2.53. The number of carboxylic acids is 1. The Kier molecular flexibility index (Phi) is 5.51. The highest BCUT2D eigenvalue weighted by Crippen LogP contribution is 2.16. The van der Waals surface area contributed by atoms with Gasteiger partial charge in [-0.1, -0.05) is 24.3 Å². The van der Waals surface area contributed by atoms with Crippen LogP contribution in [-0.4, -0.2) is 42.0 Å². The van der Waals surface area contributed by atoms with Gasteiger partial charge in [0.1, 0.15) is 0 Å². The smallest absolute Gasteiger partial charge is 0.317 e. The van der Waals surface area contributed by atoms with Crippen LogP contribution in [0.3, 0.4) is 0 Å². The molecule has 2 N–H and O–H groups in total. The van der Waals surface area contributed by atoms with Crippen molar-refractivity contribution in [3.63, 3.8) is 0 Å². The lowest BCUT2D eigenvalue weighted by Gasteiger charge is -2.19. The maximum atomic E-state index is 11.8. The Hall–Kier alpha value is -1.88. The molecule has 0 aliphatic carbocycles. The summed E-state index contributed by atoms with van der Waals surface area (Å²) in [5.74, 6) is -1.12. The number of aryl methyl sites for hydroxylation is 1. The van der Waals surface area contributed by atoms with Crippen LogP contribution in [0.5, 0.6) is 0 Å². The third-order valence-electron chi connectivity index (χ3n) is 2.85. The summed E-state index contributed by atoms with van der Waals surface area (Å²) >= 11 is 0. The van der Waals surface area contributed by atoms with Gasteiger partial charge in [0.2, 0.25) is 5.91 Å². The highest BCUT2D eigenvalue weighted by molar-refractivity contribution is 5.79. The number of carboxylic acid groups (broad SMARTS) is 1. The molecule has 1 atom stereocenters. The van der Waals surface area contributed by atoms with E-state index in [1.54, 1.807) is 7.05 Å². The van der Waals surface area contributed by atoms with Gasteiger partial charge in [-0.25, -0.2) is 0 Å². The van der Waals surface area contributed by atoms with Crippen LogP contribution in [-0.2, 0) is 9.59 Å². The van der Waals surface area contributed by atoms with Gasteiger partial charge >= 0.3 is 5.97 Å². The van der Waals surface area contributed by atoms with Crippen molar-refractivity contribution in [2.75, 3.05) is 20.1 Å². The number of amides is 1. The maximum Gasteiger partial charge on any atom is 0.317 e. The van der Waals surface area contributed by atoms with E-state index in [1.807, 2.05) is 38.1 Å². The van der Waals surface area contributed by atoms with Gasteiger partial charge < -0.3 is 10.4 Å². The lowest BCUT2D eigenvalue weighted by atomic mass is 10.0. The van der Waals surface area contributed by atoms with E-state index in [9.17, 15) is 9.59 Å². The quantitative estimate of drug-likeness (QED) is 0.809. The molecule has 5 nitrogen and oxygen atoms in total. The molecule has 0 saturated carbocycles. The number of hydrogen-bond acceptors (Lipinski definition) is 3. The Bertz CT molecular complexity index is 460. The van der Waals surface area contributed by atoms with Crippen molar-refractivity contribution in [1.29, 1.82) is 0 Å². The Morgan fingerprint density at radius 2 is 1.95 bits per heavy atom. The molecule has 5 heteroatoms. The van der Waals surface area contributed by atoms with Crippen LogP contribution in [0, 0.1) is 6.92 Å². The van der Waals surface area contributed by atoms with Crippen molar-refractivity contribution >= 4 is 11.9 Å². The summed E-state index contributed by atoms with van der Waals surface area (Å²) in [7, 11) is 1.60. The number of carbonyl (C=O) groups excluding carboxylic acids is 1. The van der Waals surface area contributed by atoms with Gasteiger partial charge in [-0.3, -0.25) is 14.5 Å². The summed E-state index contributed by atoms with van der Waals surface area (Å²) in [6, 6.07) is 7.76. The first-order valence-electron chi connectivity index (χ1n) is 6.15. The molecule has 0 fully saturated rings. The topological polar surface area (TPSA) is 69.6 Å². The first kappa shape index (κ1) is 15.2. The molecule has 1 unspecified atom stereocenters. The van der Waals surface area contributed by atoms with E-state index in [4.69, 9.17) is 5.11 Å². The van der Waals surface area contributed by atoms with Gasteiger partial charge in [0.25, 0.3) is 0 Å². The molecule has 1 aromatic rings. The molecule has 0 heterocycles. The number of likely N-dealkylation sites (N-methyl/N-ethyl adjacent to an activating group) is 1. The van der Waals surface area contributed by atoms with Crippen molar-refractivity contribution in [3.8, 4) is 0 Å². The van der Waals surface area contributed by atoms with E-state index in [2.05, 4.69) is 5.32 Å². The minimum atomic E-state index is -0.942. The lowest BCUT2D eigenvalue weighted by molar-refractivity contribution is -0.138. The van der Waals surface area contributed by atoms with Crippen LogP contribution >= 0.6 is 0 Å². The zero-order chi connectivity index (χ0) is 14.4. The SMILES string of the molecule is Cc1ccccc1C(C)NC(=O)CN(C)CC(=O)O. The van der Waals surface area contributed by atoms with E-state index in [0.29, 0.717) is 0 Å². The standard InChI is InChI=1S/C14H20N2O3/c1-10-6-4-5-7-12(10)11(2)15-13(17)8-16(3)9-14(18)19/h4-7,11H,8-9H2,1-3H3,(H,15,17)(H,18,19). The van der Waals surface area contributed by atoms with Crippen LogP contribution < -0.4 is 5.32 Å². The fraction of sp³-hybridized carbons (Fsp3) is 0.429. The molecule has 0 bridgehead atoms. The van der Waals surface area contributed by atoms with Crippen LogP contribution in [0.1, 0.15) is 24.1 Å². The first-order valence-corrected chi connectivity index (χ1v) is 6.15. The average molecular weight is 264 g/mol. The molecule has 0 saturated heterocycles. The predicted octanol–water partition coefficient (Wildman–Crippen LogP) is 1.19. The third-order valence-corrected chi connectivity index (χ3v) is 2.85. The van der Waals surface area contributed by atoms with Gasteiger partial charge in [-0.05, 0) is 32.0 Å². The molecule has 1 amide bonds. The molecule has 0 aliphatic heterocycles. The van der Waals surface area contributed by atoms with Crippen molar-refractivity contribution in [2.45, 2.75) is 19.9 Å². The minimum Gasteiger partial charge on any atom is -0.480 e. The van der Waals surface area contributed by atoms with Crippen molar-refractivity contribution in [2.24, 2.45) is 0 Å². The number of carbonyl (C=O) groups is 2. The fourth-order valence-corrected chi connectivity index (χ4v) is 1.97. The minimum absolute atomic E-state index is 0.0719. The second-order valence-electron chi connectivity index (χ2n) is 4.71. The van der Waals surface area contributed by atoms with Crippen LogP contribution in [0.4, 0.5) is 0 Å². The van der Waals surface area contributed by atoms with Crippen molar-refractivity contribution in [3.05, 3.63) is 35.4 Å². The molecule has 104 valence electrons. The first-order chi connectivity index (χ1) is 8.90. The van der Waals surface area contributed by atoms with Gasteiger partial charge in [-0.15, -0.1) is 0 Å². The average Bonchev–Trinajstić information content (AvgIpc) is 2.27. The molecule has 1 rings (SSSR count). The largest absolute Gasteiger partial charge is 0.480 e. The molecular formula is C14H20N2O3. The molecule has 1 aromatic carbocycles. The van der Waals surface area contributed by atoms with E-state index >= 15 is 0 Å². The van der Waals surface area contributed by atoms with Crippen LogP contribution in [0.2, 0.25) is 0 Å². The van der Waals surface area contributed by atoms with Crippen LogP contribution in [0.15, 0.2) is 24.3 Å². The summed E-state index contributed by atoms with van der Waals surface area (Å²) in [6.45, 7) is 3.83. The third kappa shape index (κ3) is 5.09. The van der Waals surface area contributed by atoms with E-state index < -0.39 is 5.97 Å². The summed E-state index contributed by atoms with van der Waals surface area (Å²) in [4.78, 5) is 23.8. The van der Waals surface area contributed by atoms with Gasteiger partial charge in [0.15, 0.2) is 0 Å². The van der Waals surface area contributed by atoms with Crippen molar-refractivity contribution in [1.82, 2.24) is 10.2 Å². The van der Waals surface area contributed by atoms with Crippen molar-refractivity contribution < 1.29 is 14.7 Å². The predicted molar refractivity (Wildman–Crippen MR) is 72.9 cm³/mol. The normalized spacial score (nSPS) is 12.2. The Labute approximate surface area is 113 Å². The van der Waals surface area contributed by atoms with E-state index in [-0.39, 0.29) is 25.0 Å². The zero-order valence-electron chi connectivity index (χ0n) is 11.5. The highest BCUT2D eigenvalue weighted by Gasteiger charge is 2.14. The zero-order valence-corrected chi connectivity index (χ0v) is 11.5. The second-order valence-corrected chi connectivity index (χ2v) is 4.71. The Morgan fingerprint density at radius 1 is 1.32 bits per heavy atom. The van der Waals surface area contributed by atoms with E-state index in [0.717, 1.165) is 11.1 Å². The molecule has 0 aliphatic rings.